The van der Waals surface area contributed by atoms with Crippen molar-refractivity contribution in [2.45, 2.75) is 68.3 Å². The highest BCUT2D eigenvalue weighted by molar-refractivity contribution is 7.90. The summed E-state index contributed by atoms with van der Waals surface area (Å²) in [4.78, 5) is 30.5. The summed E-state index contributed by atoms with van der Waals surface area (Å²) in [6.45, 7) is 2.15. The molecule has 6 N–H and O–H groups in total. The maximum Gasteiger partial charge on any atom is 0.243 e. The molecular formula is C29H42N6O7S3. The summed E-state index contributed by atoms with van der Waals surface area (Å²) in [6.07, 6.45) is 4.70. The number of benzene rings is 1. The van der Waals surface area contributed by atoms with Gasteiger partial charge in [-0.15, -0.1) is 11.3 Å². The first-order valence-electron chi connectivity index (χ1n) is 14.8. The molecule has 2 aliphatic heterocycles. The molecule has 3 atom stereocenters. The number of hydrogen-bond acceptors (Lipinski definition) is 10. The molecule has 4 rings (SSSR count). The number of rotatable bonds is 14. The molecule has 0 radical (unpaired) electrons. The van der Waals surface area contributed by atoms with Crippen LogP contribution in [0.25, 0.3) is 0 Å². The quantitative estimate of drug-likeness (QED) is 0.142. The van der Waals surface area contributed by atoms with Crippen molar-refractivity contribution in [2.24, 2.45) is 11.7 Å². The fourth-order valence-corrected chi connectivity index (χ4v) is 7.81. The number of amidine groups is 1. The van der Waals surface area contributed by atoms with E-state index in [1.165, 1.54) is 28.4 Å². The van der Waals surface area contributed by atoms with E-state index in [0.717, 1.165) is 48.9 Å². The SMILES string of the molecule is CS(=O)(=O)N[C@H](CCC1CCNCC1)C(=O)N1C[C@H](OCc2ccc(S(C)(=O)=O)cc2)C[C@H]1C(=O)NCc1ccc(C(=N)N)s1. The molecule has 2 amide bonds. The number of amides is 2. The Morgan fingerprint density at radius 3 is 2.40 bits per heavy atom. The molecule has 3 heterocycles. The van der Waals surface area contributed by atoms with E-state index in [4.69, 9.17) is 15.9 Å². The third kappa shape index (κ3) is 10.3. The van der Waals surface area contributed by atoms with E-state index in [9.17, 15) is 26.4 Å². The van der Waals surface area contributed by atoms with Crippen LogP contribution in [0.15, 0.2) is 41.3 Å². The van der Waals surface area contributed by atoms with Gasteiger partial charge in [0, 0.05) is 24.1 Å². The largest absolute Gasteiger partial charge is 0.383 e. The van der Waals surface area contributed by atoms with Gasteiger partial charge in [-0.05, 0) is 74.5 Å². The molecule has 1 aromatic carbocycles. The van der Waals surface area contributed by atoms with Crippen LogP contribution in [0.4, 0.5) is 0 Å². The maximum absolute atomic E-state index is 14.0. The lowest BCUT2D eigenvalue weighted by atomic mass is 9.91. The third-order valence-corrected chi connectivity index (χ3v) is 11.0. The molecule has 2 aromatic rings. The van der Waals surface area contributed by atoms with Gasteiger partial charge in [0.2, 0.25) is 21.8 Å². The topological polar surface area (TPSA) is 201 Å². The predicted octanol–water partition coefficient (Wildman–Crippen LogP) is 0.936. The van der Waals surface area contributed by atoms with Gasteiger partial charge in [0.05, 0.1) is 35.3 Å². The molecule has 0 bridgehead atoms. The van der Waals surface area contributed by atoms with Crippen LogP contribution in [-0.2, 0) is 47.3 Å². The fraction of sp³-hybridized carbons (Fsp3) is 0.552. The minimum atomic E-state index is -3.72. The zero-order valence-corrected chi connectivity index (χ0v) is 27.9. The van der Waals surface area contributed by atoms with E-state index in [-0.39, 0.29) is 36.8 Å². The fourth-order valence-electron chi connectivity index (χ4n) is 5.63. The number of likely N-dealkylation sites (tertiary alicyclic amines) is 1. The van der Waals surface area contributed by atoms with Crippen LogP contribution in [0.3, 0.4) is 0 Å². The predicted molar refractivity (Wildman–Crippen MR) is 172 cm³/mol. The Balaban J connectivity index is 1.49. The second-order valence-corrected chi connectivity index (χ2v) is 16.7. The Morgan fingerprint density at radius 2 is 1.80 bits per heavy atom. The van der Waals surface area contributed by atoms with Crippen LogP contribution in [0.5, 0.6) is 0 Å². The van der Waals surface area contributed by atoms with Gasteiger partial charge in [-0.2, -0.15) is 0 Å². The summed E-state index contributed by atoms with van der Waals surface area (Å²) in [5.74, 6) is -0.573. The molecule has 13 nitrogen and oxygen atoms in total. The molecule has 16 heteroatoms. The van der Waals surface area contributed by atoms with Gasteiger partial charge in [-0.1, -0.05) is 12.1 Å². The summed E-state index contributed by atoms with van der Waals surface area (Å²) in [6, 6.07) is 7.86. The van der Waals surface area contributed by atoms with E-state index >= 15 is 0 Å². The number of carbonyl (C=O) groups is 2. The first kappa shape index (κ1) is 35.0. The van der Waals surface area contributed by atoms with E-state index in [1.807, 2.05) is 0 Å². The van der Waals surface area contributed by atoms with E-state index in [1.54, 1.807) is 24.3 Å². The number of sulfone groups is 1. The van der Waals surface area contributed by atoms with Gasteiger partial charge >= 0.3 is 0 Å². The minimum absolute atomic E-state index is 0.0648. The number of nitrogens with two attached hydrogens (primary N) is 1. The highest BCUT2D eigenvalue weighted by Crippen LogP contribution is 2.26. The van der Waals surface area contributed by atoms with E-state index in [0.29, 0.717) is 23.6 Å². The van der Waals surface area contributed by atoms with Gasteiger partial charge in [0.1, 0.15) is 17.9 Å². The van der Waals surface area contributed by atoms with Crippen molar-refractivity contribution in [3.8, 4) is 0 Å². The summed E-state index contributed by atoms with van der Waals surface area (Å²) < 4.78 is 56.8. The molecule has 2 fully saturated rings. The van der Waals surface area contributed by atoms with Crippen LogP contribution in [-0.4, -0.2) is 89.7 Å². The number of hydrogen-bond donors (Lipinski definition) is 5. The Morgan fingerprint density at radius 1 is 1.11 bits per heavy atom. The summed E-state index contributed by atoms with van der Waals surface area (Å²) >= 11 is 1.28. The number of piperidine rings is 1. The average Bonchev–Trinajstić information content (AvgIpc) is 3.64. The van der Waals surface area contributed by atoms with Gasteiger partial charge in [-0.25, -0.2) is 21.6 Å². The number of sulfonamides is 1. The van der Waals surface area contributed by atoms with Crippen molar-refractivity contribution in [1.82, 2.24) is 20.3 Å². The van der Waals surface area contributed by atoms with Crippen molar-refractivity contribution >= 4 is 48.8 Å². The first-order chi connectivity index (χ1) is 21.2. The molecule has 0 aliphatic carbocycles. The molecule has 0 unspecified atom stereocenters. The molecule has 248 valence electrons. The summed E-state index contributed by atoms with van der Waals surface area (Å²) in [5.41, 5.74) is 6.29. The van der Waals surface area contributed by atoms with Gasteiger partial charge < -0.3 is 26.0 Å². The number of thiophene rings is 1. The Labute approximate surface area is 268 Å². The number of carbonyl (C=O) groups excluding carboxylic acids is 2. The van der Waals surface area contributed by atoms with Crippen LogP contribution >= 0.6 is 11.3 Å². The second kappa shape index (κ2) is 15.1. The van der Waals surface area contributed by atoms with Crippen molar-refractivity contribution in [3.05, 3.63) is 51.7 Å². The lowest BCUT2D eigenvalue weighted by molar-refractivity contribution is -0.140. The van der Waals surface area contributed by atoms with Crippen molar-refractivity contribution in [1.29, 1.82) is 5.41 Å². The zero-order valence-electron chi connectivity index (χ0n) is 25.5. The molecule has 2 aliphatic rings. The number of ether oxygens (including phenoxy) is 1. The number of nitrogens with zero attached hydrogens (tertiary/aromatic N) is 1. The Hall–Kier alpha value is -2.89. The first-order valence-corrected chi connectivity index (χ1v) is 19.4. The molecule has 0 spiro atoms. The molecule has 0 saturated carbocycles. The van der Waals surface area contributed by atoms with Gasteiger partial charge in [-0.3, -0.25) is 15.0 Å². The summed E-state index contributed by atoms with van der Waals surface area (Å²) in [7, 11) is -7.07. The highest BCUT2D eigenvalue weighted by atomic mass is 32.2. The Kier molecular flexibility index (Phi) is 11.8. The number of nitrogen functional groups attached to an aromatic ring is 1. The van der Waals surface area contributed by atoms with E-state index in [2.05, 4.69) is 15.4 Å². The average molecular weight is 683 g/mol. The standard InChI is InChI=1S/C29H42N6O7S3/c1-44(38,39)23-7-3-20(4-8-23)18-42-21-15-25(28(36)33-16-22-6-10-26(43-22)27(30)31)35(17-21)29(37)24(34-45(2,40)41)9-5-19-11-13-32-14-12-19/h3-4,6-8,10,19,21,24-25,32,34H,5,9,11-18H2,1-2H3,(H3,30,31)(H,33,36)/t21-,24-,25+/m1/s1. The molecular weight excluding hydrogens is 641 g/mol. The zero-order chi connectivity index (χ0) is 32.8. The second-order valence-electron chi connectivity index (χ2n) is 11.7. The molecule has 2 saturated heterocycles. The maximum atomic E-state index is 14.0. The summed E-state index contributed by atoms with van der Waals surface area (Å²) in [5, 5.41) is 13.8. The normalized spacial score (nSPS) is 20.2. The van der Waals surface area contributed by atoms with Crippen molar-refractivity contribution in [2.75, 3.05) is 32.1 Å². The smallest absolute Gasteiger partial charge is 0.243 e. The van der Waals surface area contributed by atoms with Crippen LogP contribution < -0.4 is 21.1 Å². The highest BCUT2D eigenvalue weighted by Gasteiger charge is 2.42. The van der Waals surface area contributed by atoms with Crippen molar-refractivity contribution < 1.29 is 31.2 Å². The van der Waals surface area contributed by atoms with E-state index < -0.39 is 49.9 Å². The lowest BCUT2D eigenvalue weighted by Gasteiger charge is -2.29. The lowest BCUT2D eigenvalue weighted by Crippen LogP contribution is -2.53. The van der Waals surface area contributed by atoms with Crippen LogP contribution in [0.2, 0.25) is 0 Å². The Bertz CT molecular complexity index is 1570. The van der Waals surface area contributed by atoms with Crippen molar-refractivity contribution in [3.63, 3.8) is 0 Å². The minimum Gasteiger partial charge on any atom is -0.383 e. The monoisotopic (exact) mass is 682 g/mol. The van der Waals surface area contributed by atoms with Crippen LogP contribution in [0, 0.1) is 11.3 Å². The number of nitrogens with one attached hydrogen (secondary N) is 4. The molecule has 45 heavy (non-hydrogen) atoms. The van der Waals surface area contributed by atoms with Gasteiger partial charge in [0.15, 0.2) is 9.84 Å². The van der Waals surface area contributed by atoms with Crippen LogP contribution in [0.1, 0.15) is 47.4 Å². The van der Waals surface area contributed by atoms with Gasteiger partial charge in [0.25, 0.3) is 0 Å². The third-order valence-electron chi connectivity index (χ3n) is 8.03. The molecule has 1 aromatic heterocycles.